The normalized spacial score (nSPS) is 12.7. The summed E-state index contributed by atoms with van der Waals surface area (Å²) in [6.45, 7) is 0. The van der Waals surface area contributed by atoms with E-state index in [2.05, 4.69) is 15.6 Å². The van der Waals surface area contributed by atoms with Crippen LogP contribution in [0.2, 0.25) is 0 Å². The quantitative estimate of drug-likeness (QED) is 0.711. The number of aryl methyl sites for hydroxylation is 1. The van der Waals surface area contributed by atoms with E-state index in [1.54, 1.807) is 54.5 Å². The van der Waals surface area contributed by atoms with Gasteiger partial charge >= 0.3 is 0 Å². The molecule has 0 saturated heterocycles. The number of hydrogen-bond acceptors (Lipinski definition) is 4. The Hall–Kier alpha value is -3.74. The molecule has 0 bridgehead atoms. The maximum Gasteiger partial charge on any atom is 0.275 e. The molecule has 0 fully saturated rings. The molecule has 3 aromatic rings. The number of nitrogens with one attached hydrogen (secondary N) is 2. The van der Waals surface area contributed by atoms with Gasteiger partial charge in [-0.1, -0.05) is 18.2 Å². The molecule has 2 N–H and O–H groups in total. The summed E-state index contributed by atoms with van der Waals surface area (Å²) < 4.78 is 1.70. The lowest BCUT2D eigenvalue weighted by molar-refractivity contribution is 0.0878. The number of benzene rings is 2. The lowest BCUT2D eigenvalue weighted by atomic mass is 10.00. The largest absolute Gasteiger partial charge is 0.340 e. The van der Waals surface area contributed by atoms with Gasteiger partial charge in [0.15, 0.2) is 0 Å². The fourth-order valence-electron chi connectivity index (χ4n) is 2.85. The van der Waals surface area contributed by atoms with Gasteiger partial charge in [0, 0.05) is 18.9 Å². The van der Waals surface area contributed by atoms with E-state index < -0.39 is 5.91 Å². The van der Waals surface area contributed by atoms with Crippen LogP contribution >= 0.6 is 0 Å². The highest BCUT2D eigenvalue weighted by Crippen LogP contribution is 2.27. The van der Waals surface area contributed by atoms with Crippen LogP contribution < -0.4 is 10.6 Å². The number of carbonyl (C=O) groups excluding carboxylic acids is 3. The van der Waals surface area contributed by atoms with Crippen LogP contribution in [-0.2, 0) is 7.05 Å². The Morgan fingerprint density at radius 1 is 1.04 bits per heavy atom. The Morgan fingerprint density at radius 2 is 1.81 bits per heavy atom. The zero-order valence-electron chi connectivity index (χ0n) is 13.8. The van der Waals surface area contributed by atoms with Gasteiger partial charge in [-0.15, -0.1) is 0 Å². The van der Waals surface area contributed by atoms with E-state index in [4.69, 9.17) is 0 Å². The van der Waals surface area contributed by atoms with Crippen molar-refractivity contribution in [2.24, 2.45) is 7.05 Å². The number of carbonyl (C=O) groups is 3. The third kappa shape index (κ3) is 2.75. The fraction of sp³-hybridized carbons (Fsp3) is 0.0526. The van der Waals surface area contributed by atoms with Crippen molar-refractivity contribution in [2.45, 2.75) is 0 Å². The lowest BCUT2D eigenvalue weighted by Gasteiger charge is -2.07. The molecule has 0 radical (unpaired) electrons. The van der Waals surface area contributed by atoms with Crippen LogP contribution in [0.1, 0.15) is 31.2 Å². The van der Waals surface area contributed by atoms with Crippen molar-refractivity contribution in [3.05, 3.63) is 71.8 Å². The Morgan fingerprint density at radius 3 is 2.58 bits per heavy atom. The molecular weight excluding hydrogens is 332 g/mol. The molecule has 1 aromatic heterocycles. The number of nitrogens with zero attached hydrogens (tertiary/aromatic N) is 2. The molecule has 0 saturated carbocycles. The van der Waals surface area contributed by atoms with Crippen LogP contribution in [0.3, 0.4) is 0 Å². The average molecular weight is 346 g/mol. The van der Waals surface area contributed by atoms with Gasteiger partial charge in [0.1, 0.15) is 5.69 Å². The van der Waals surface area contributed by atoms with Crippen LogP contribution in [0, 0.1) is 0 Å². The van der Waals surface area contributed by atoms with Crippen LogP contribution in [0.4, 0.5) is 5.69 Å². The summed E-state index contributed by atoms with van der Waals surface area (Å²) >= 11 is 0. The van der Waals surface area contributed by atoms with Gasteiger partial charge in [-0.05, 0) is 35.4 Å². The molecule has 1 aliphatic heterocycles. The summed E-state index contributed by atoms with van der Waals surface area (Å²) in [7, 11) is 1.79. The maximum atomic E-state index is 12.2. The highest BCUT2D eigenvalue weighted by Gasteiger charge is 2.26. The van der Waals surface area contributed by atoms with E-state index in [0.29, 0.717) is 22.5 Å². The molecule has 26 heavy (non-hydrogen) atoms. The van der Waals surface area contributed by atoms with Crippen LogP contribution in [0.15, 0.2) is 55.0 Å². The van der Waals surface area contributed by atoms with Gasteiger partial charge in [-0.25, -0.2) is 4.98 Å². The zero-order valence-corrected chi connectivity index (χ0v) is 13.8. The molecule has 2 aromatic carbocycles. The molecule has 1 aliphatic rings. The highest BCUT2D eigenvalue weighted by atomic mass is 16.2. The standard InChI is InChI=1S/C19H14N4O3/c1-23-9-16(20-10-23)19(26)21-13-4-2-3-11(7-13)12-5-6-14-15(8-12)18(25)22-17(14)24/h2-10H,1H3,(H,21,26)(H,22,24,25). The Kier molecular flexibility index (Phi) is 3.62. The molecule has 0 unspecified atom stereocenters. The van der Waals surface area contributed by atoms with Gasteiger partial charge in [-0.3, -0.25) is 19.7 Å². The SMILES string of the molecule is Cn1cnc(C(=O)Nc2cccc(-c3ccc4c(c3)C(=O)NC4=O)c2)c1. The van der Waals surface area contributed by atoms with E-state index in [-0.39, 0.29) is 11.8 Å². The fourth-order valence-corrected chi connectivity index (χ4v) is 2.85. The number of fused-ring (bicyclic) bond motifs is 1. The summed E-state index contributed by atoms with van der Waals surface area (Å²) in [5, 5.41) is 5.08. The number of hydrogen-bond donors (Lipinski definition) is 2. The maximum absolute atomic E-state index is 12.2. The monoisotopic (exact) mass is 346 g/mol. The molecule has 3 amide bonds. The Bertz CT molecular complexity index is 1070. The topological polar surface area (TPSA) is 93.1 Å². The number of amides is 3. The van der Waals surface area contributed by atoms with Gasteiger partial charge in [0.05, 0.1) is 17.5 Å². The Labute approximate surface area is 148 Å². The summed E-state index contributed by atoms with van der Waals surface area (Å²) in [5.74, 6) is -1.08. The number of imidazole rings is 1. The van der Waals surface area contributed by atoms with Crippen molar-refractivity contribution in [3.63, 3.8) is 0 Å². The van der Waals surface area contributed by atoms with E-state index in [1.807, 2.05) is 12.1 Å². The van der Waals surface area contributed by atoms with Crippen LogP contribution in [0.25, 0.3) is 11.1 Å². The van der Waals surface area contributed by atoms with Gasteiger partial charge in [0.25, 0.3) is 17.7 Å². The molecule has 0 spiro atoms. The molecular formula is C19H14N4O3. The van der Waals surface area contributed by atoms with Crippen molar-refractivity contribution < 1.29 is 14.4 Å². The summed E-state index contributed by atoms with van der Waals surface area (Å²) in [6, 6.07) is 12.3. The van der Waals surface area contributed by atoms with Crippen molar-refractivity contribution in [2.75, 3.05) is 5.32 Å². The van der Waals surface area contributed by atoms with Crippen molar-refractivity contribution in [1.29, 1.82) is 0 Å². The van der Waals surface area contributed by atoms with E-state index >= 15 is 0 Å². The smallest absolute Gasteiger partial charge is 0.275 e. The van der Waals surface area contributed by atoms with Gasteiger partial charge in [-0.2, -0.15) is 0 Å². The zero-order chi connectivity index (χ0) is 18.3. The third-order valence-electron chi connectivity index (χ3n) is 4.13. The number of anilines is 1. The van der Waals surface area contributed by atoms with E-state index in [9.17, 15) is 14.4 Å². The number of imide groups is 1. The summed E-state index contributed by atoms with van der Waals surface area (Å²) in [4.78, 5) is 39.7. The second-order valence-corrected chi connectivity index (χ2v) is 6.00. The predicted octanol–water partition coefficient (Wildman–Crippen LogP) is 2.22. The van der Waals surface area contributed by atoms with Crippen LogP contribution in [0.5, 0.6) is 0 Å². The van der Waals surface area contributed by atoms with Crippen LogP contribution in [-0.4, -0.2) is 27.3 Å². The van der Waals surface area contributed by atoms with Crippen molar-refractivity contribution in [1.82, 2.24) is 14.9 Å². The third-order valence-corrected chi connectivity index (χ3v) is 4.13. The van der Waals surface area contributed by atoms with Crippen molar-refractivity contribution >= 4 is 23.4 Å². The van der Waals surface area contributed by atoms with Gasteiger partial charge in [0.2, 0.25) is 0 Å². The minimum Gasteiger partial charge on any atom is -0.340 e. The molecule has 0 aliphatic carbocycles. The molecule has 2 heterocycles. The first-order valence-corrected chi connectivity index (χ1v) is 7.91. The summed E-state index contributed by atoms with van der Waals surface area (Å²) in [5.41, 5.74) is 3.26. The molecule has 7 nitrogen and oxygen atoms in total. The Balaban J connectivity index is 1.62. The highest BCUT2D eigenvalue weighted by molar-refractivity contribution is 6.21. The van der Waals surface area contributed by atoms with Gasteiger partial charge < -0.3 is 9.88 Å². The first kappa shape index (κ1) is 15.8. The minimum absolute atomic E-state index is 0.304. The minimum atomic E-state index is -0.397. The second kappa shape index (κ2) is 5.96. The predicted molar refractivity (Wildman–Crippen MR) is 94.8 cm³/mol. The second-order valence-electron chi connectivity index (χ2n) is 6.00. The first-order valence-electron chi connectivity index (χ1n) is 7.91. The average Bonchev–Trinajstić information content (AvgIpc) is 3.19. The van der Waals surface area contributed by atoms with E-state index in [0.717, 1.165) is 11.1 Å². The molecule has 128 valence electrons. The number of rotatable bonds is 3. The van der Waals surface area contributed by atoms with E-state index in [1.165, 1.54) is 0 Å². The lowest BCUT2D eigenvalue weighted by Crippen LogP contribution is -2.19. The first-order chi connectivity index (χ1) is 12.5. The molecule has 0 atom stereocenters. The number of aromatic nitrogens is 2. The summed E-state index contributed by atoms with van der Waals surface area (Å²) in [6.07, 6.45) is 3.19. The molecule has 7 heteroatoms. The molecule has 4 rings (SSSR count). The van der Waals surface area contributed by atoms with Crippen molar-refractivity contribution in [3.8, 4) is 11.1 Å².